The molecule has 6 nitrogen and oxygen atoms in total. The maximum atomic E-state index is 12.5. The van der Waals surface area contributed by atoms with Crippen molar-refractivity contribution in [3.63, 3.8) is 0 Å². The molecule has 20 heavy (non-hydrogen) atoms. The van der Waals surface area contributed by atoms with Crippen LogP contribution in [0, 0.1) is 11.8 Å². The third-order valence-electron chi connectivity index (χ3n) is 3.83. The van der Waals surface area contributed by atoms with Gasteiger partial charge in [0.25, 0.3) is 0 Å². The molecule has 0 aromatic rings. The highest BCUT2D eigenvalue weighted by molar-refractivity contribution is 5.81. The van der Waals surface area contributed by atoms with E-state index in [1.807, 2.05) is 6.92 Å². The average molecular weight is 284 g/mol. The van der Waals surface area contributed by atoms with Gasteiger partial charge in [0, 0.05) is 33.1 Å². The van der Waals surface area contributed by atoms with E-state index in [1.165, 1.54) is 6.92 Å². The topological polar surface area (TPSA) is 77.9 Å². The van der Waals surface area contributed by atoms with E-state index in [1.54, 1.807) is 16.7 Å². The third kappa shape index (κ3) is 4.21. The number of carboxylic acid groups (broad SMARTS) is 1. The molecule has 0 aliphatic carbocycles. The smallest absolute Gasteiger partial charge is 0.308 e. The Morgan fingerprint density at radius 3 is 2.55 bits per heavy atom. The average Bonchev–Trinajstić information content (AvgIpc) is 2.43. The number of aliphatic carboxylic acids is 1. The van der Waals surface area contributed by atoms with Crippen LogP contribution in [-0.2, 0) is 14.4 Å². The normalized spacial score (nSPS) is 20.4. The van der Waals surface area contributed by atoms with Crippen LogP contribution in [0.15, 0.2) is 0 Å². The molecule has 1 fully saturated rings. The first-order valence-corrected chi connectivity index (χ1v) is 7.13. The third-order valence-corrected chi connectivity index (χ3v) is 3.83. The highest BCUT2D eigenvalue weighted by atomic mass is 16.4. The molecule has 114 valence electrons. The SMILES string of the molecule is CCN(CC(C)C(=O)O)C(=O)C1CCCN(C(C)=O)C1. The van der Waals surface area contributed by atoms with Crippen LogP contribution >= 0.6 is 0 Å². The van der Waals surface area contributed by atoms with Crippen molar-refractivity contribution in [2.75, 3.05) is 26.2 Å². The van der Waals surface area contributed by atoms with Gasteiger partial charge in [-0.25, -0.2) is 0 Å². The van der Waals surface area contributed by atoms with Crippen molar-refractivity contribution in [3.8, 4) is 0 Å². The van der Waals surface area contributed by atoms with E-state index in [9.17, 15) is 14.4 Å². The number of amides is 2. The lowest BCUT2D eigenvalue weighted by molar-refractivity contribution is -0.144. The Morgan fingerprint density at radius 1 is 1.40 bits per heavy atom. The van der Waals surface area contributed by atoms with Crippen LogP contribution in [0.5, 0.6) is 0 Å². The first kappa shape index (κ1) is 16.5. The standard InChI is InChI=1S/C14H24N2O4/c1-4-15(8-10(2)14(19)20)13(18)12-6-5-7-16(9-12)11(3)17/h10,12H,4-9H2,1-3H3,(H,19,20). The van der Waals surface area contributed by atoms with E-state index in [4.69, 9.17) is 5.11 Å². The van der Waals surface area contributed by atoms with Crippen LogP contribution in [0.2, 0.25) is 0 Å². The van der Waals surface area contributed by atoms with Gasteiger partial charge in [0.2, 0.25) is 11.8 Å². The zero-order valence-electron chi connectivity index (χ0n) is 12.5. The predicted molar refractivity (Wildman–Crippen MR) is 74.0 cm³/mol. The Bertz CT molecular complexity index is 377. The van der Waals surface area contributed by atoms with E-state index < -0.39 is 11.9 Å². The highest BCUT2D eigenvalue weighted by Crippen LogP contribution is 2.19. The number of hydrogen-bond donors (Lipinski definition) is 1. The molecule has 0 aromatic heterocycles. The van der Waals surface area contributed by atoms with Crippen LogP contribution in [-0.4, -0.2) is 58.9 Å². The number of piperidine rings is 1. The van der Waals surface area contributed by atoms with Crippen LogP contribution in [0.1, 0.15) is 33.6 Å². The molecular weight excluding hydrogens is 260 g/mol. The Balaban J connectivity index is 2.65. The van der Waals surface area contributed by atoms with E-state index in [0.29, 0.717) is 19.6 Å². The fourth-order valence-electron chi connectivity index (χ4n) is 2.51. The van der Waals surface area contributed by atoms with Crippen LogP contribution in [0.3, 0.4) is 0 Å². The zero-order valence-corrected chi connectivity index (χ0v) is 12.5. The second kappa shape index (κ2) is 7.26. The van der Waals surface area contributed by atoms with Gasteiger partial charge >= 0.3 is 5.97 Å². The lowest BCUT2D eigenvalue weighted by atomic mass is 9.96. The molecule has 2 amide bonds. The second-order valence-electron chi connectivity index (χ2n) is 5.42. The van der Waals surface area contributed by atoms with Crippen LogP contribution in [0.4, 0.5) is 0 Å². The molecule has 0 bridgehead atoms. The maximum Gasteiger partial charge on any atom is 0.308 e. The summed E-state index contributed by atoms with van der Waals surface area (Å²) in [6.45, 7) is 6.83. The number of carbonyl (C=O) groups excluding carboxylic acids is 2. The quantitative estimate of drug-likeness (QED) is 0.810. The largest absolute Gasteiger partial charge is 0.481 e. The zero-order chi connectivity index (χ0) is 15.3. The minimum atomic E-state index is -0.898. The van der Waals surface area contributed by atoms with Gasteiger partial charge in [-0.2, -0.15) is 0 Å². The fraction of sp³-hybridized carbons (Fsp3) is 0.786. The van der Waals surface area contributed by atoms with Crippen molar-refractivity contribution in [2.24, 2.45) is 11.8 Å². The molecule has 2 atom stereocenters. The summed E-state index contributed by atoms with van der Waals surface area (Å²) < 4.78 is 0. The summed E-state index contributed by atoms with van der Waals surface area (Å²) in [5.74, 6) is -1.72. The van der Waals surface area contributed by atoms with Crippen molar-refractivity contribution < 1.29 is 19.5 Å². The van der Waals surface area contributed by atoms with Crippen LogP contribution < -0.4 is 0 Å². The van der Waals surface area contributed by atoms with Crippen molar-refractivity contribution in [3.05, 3.63) is 0 Å². The molecule has 1 rings (SSSR count). The van der Waals surface area contributed by atoms with Crippen molar-refractivity contribution >= 4 is 17.8 Å². The fourth-order valence-corrected chi connectivity index (χ4v) is 2.51. The molecule has 1 aliphatic rings. The molecule has 1 aliphatic heterocycles. The number of nitrogens with zero attached hydrogens (tertiary/aromatic N) is 2. The molecule has 0 saturated carbocycles. The molecule has 1 N–H and O–H groups in total. The van der Waals surface area contributed by atoms with Gasteiger partial charge in [-0.15, -0.1) is 0 Å². The van der Waals surface area contributed by atoms with Gasteiger partial charge < -0.3 is 14.9 Å². The van der Waals surface area contributed by atoms with Gasteiger partial charge in [0.1, 0.15) is 0 Å². The highest BCUT2D eigenvalue weighted by Gasteiger charge is 2.30. The summed E-state index contributed by atoms with van der Waals surface area (Å²) in [4.78, 5) is 38.0. The molecule has 0 aromatic carbocycles. The molecular formula is C14H24N2O4. The number of rotatable bonds is 5. The van der Waals surface area contributed by atoms with E-state index in [-0.39, 0.29) is 24.3 Å². The van der Waals surface area contributed by atoms with Crippen LogP contribution in [0.25, 0.3) is 0 Å². The van der Waals surface area contributed by atoms with Gasteiger partial charge in [-0.1, -0.05) is 6.92 Å². The number of hydrogen-bond acceptors (Lipinski definition) is 3. The Hall–Kier alpha value is -1.59. The summed E-state index contributed by atoms with van der Waals surface area (Å²) in [5, 5.41) is 8.94. The minimum Gasteiger partial charge on any atom is -0.481 e. The van der Waals surface area contributed by atoms with Gasteiger partial charge in [0.15, 0.2) is 0 Å². The lowest BCUT2D eigenvalue weighted by Gasteiger charge is -2.34. The second-order valence-corrected chi connectivity index (χ2v) is 5.42. The molecule has 6 heteroatoms. The summed E-state index contributed by atoms with van der Waals surface area (Å²) in [5.41, 5.74) is 0. The molecule has 1 saturated heterocycles. The minimum absolute atomic E-state index is 0.00977. The van der Waals surface area contributed by atoms with E-state index in [0.717, 1.165) is 12.8 Å². The van der Waals surface area contributed by atoms with Gasteiger partial charge in [-0.3, -0.25) is 14.4 Å². The summed E-state index contributed by atoms with van der Waals surface area (Å²) in [6.07, 6.45) is 1.59. The molecule has 0 spiro atoms. The molecule has 1 heterocycles. The van der Waals surface area contributed by atoms with Gasteiger partial charge in [0.05, 0.1) is 11.8 Å². The first-order chi connectivity index (χ1) is 9.36. The Morgan fingerprint density at radius 2 is 2.05 bits per heavy atom. The predicted octanol–water partition coefficient (Wildman–Crippen LogP) is 0.814. The summed E-state index contributed by atoms with van der Waals surface area (Å²) in [6, 6.07) is 0. The monoisotopic (exact) mass is 284 g/mol. The molecule has 0 radical (unpaired) electrons. The lowest BCUT2D eigenvalue weighted by Crippen LogP contribution is -2.47. The van der Waals surface area contributed by atoms with E-state index in [2.05, 4.69) is 0 Å². The summed E-state index contributed by atoms with van der Waals surface area (Å²) in [7, 11) is 0. The van der Waals surface area contributed by atoms with Crippen molar-refractivity contribution in [1.82, 2.24) is 9.80 Å². The van der Waals surface area contributed by atoms with Gasteiger partial charge in [-0.05, 0) is 19.8 Å². The van der Waals surface area contributed by atoms with E-state index >= 15 is 0 Å². The first-order valence-electron chi connectivity index (χ1n) is 7.13. The Kier molecular flexibility index (Phi) is 5.98. The van der Waals surface area contributed by atoms with Crippen molar-refractivity contribution in [2.45, 2.75) is 33.6 Å². The number of carboxylic acids is 1. The Labute approximate surface area is 119 Å². The number of carbonyl (C=O) groups is 3. The molecule has 2 unspecified atom stereocenters. The number of likely N-dealkylation sites (tertiary alicyclic amines) is 1. The van der Waals surface area contributed by atoms with Crippen molar-refractivity contribution in [1.29, 1.82) is 0 Å². The summed E-state index contributed by atoms with van der Waals surface area (Å²) >= 11 is 0. The maximum absolute atomic E-state index is 12.5.